The van der Waals surface area contributed by atoms with Crippen molar-refractivity contribution in [3.05, 3.63) is 12.7 Å². The molecule has 4 heteroatoms. The van der Waals surface area contributed by atoms with Crippen molar-refractivity contribution in [2.24, 2.45) is 5.92 Å². The molecule has 0 aromatic heterocycles. The summed E-state index contributed by atoms with van der Waals surface area (Å²) >= 11 is 0. The van der Waals surface area contributed by atoms with E-state index in [1.807, 2.05) is 0 Å². The second kappa shape index (κ2) is 6.77. The molecule has 0 spiro atoms. The van der Waals surface area contributed by atoms with E-state index in [4.69, 9.17) is 0 Å². The van der Waals surface area contributed by atoms with Gasteiger partial charge >= 0.3 is 0 Å². The summed E-state index contributed by atoms with van der Waals surface area (Å²) in [5.41, 5.74) is 0. The predicted molar refractivity (Wildman–Crippen MR) is 70.9 cm³/mol. The highest BCUT2D eigenvalue weighted by Gasteiger charge is 2.24. The van der Waals surface area contributed by atoms with Crippen molar-refractivity contribution in [2.75, 3.05) is 39.8 Å². The standard InChI is InChI=1S/C13H25N3O/c1-5-13(17)14-10-12(11(2)3)16-8-6-15(4)7-9-16/h5,11-12H,1,6-10H2,2-4H3,(H,14,17). The number of rotatable bonds is 5. The number of carbonyl (C=O) groups excluding carboxylic acids is 1. The van der Waals surface area contributed by atoms with Crippen molar-refractivity contribution in [1.82, 2.24) is 15.1 Å². The van der Waals surface area contributed by atoms with E-state index >= 15 is 0 Å². The minimum absolute atomic E-state index is 0.0789. The Bertz CT molecular complexity index is 257. The monoisotopic (exact) mass is 239 g/mol. The highest BCUT2D eigenvalue weighted by molar-refractivity contribution is 5.86. The largest absolute Gasteiger partial charge is 0.351 e. The first kappa shape index (κ1) is 14.2. The van der Waals surface area contributed by atoms with E-state index in [1.54, 1.807) is 0 Å². The van der Waals surface area contributed by atoms with Crippen LogP contribution in [0.4, 0.5) is 0 Å². The fraction of sp³-hybridized carbons (Fsp3) is 0.769. The number of carbonyl (C=O) groups is 1. The van der Waals surface area contributed by atoms with Crippen LogP contribution < -0.4 is 5.32 Å². The Balaban J connectivity index is 2.47. The van der Waals surface area contributed by atoms with Crippen LogP contribution in [0.3, 0.4) is 0 Å². The summed E-state index contributed by atoms with van der Waals surface area (Å²) < 4.78 is 0. The molecule has 1 heterocycles. The molecule has 1 fully saturated rings. The molecule has 1 atom stereocenters. The van der Waals surface area contributed by atoms with Gasteiger partial charge in [0.15, 0.2) is 0 Å². The molecule has 0 bridgehead atoms. The van der Waals surface area contributed by atoms with Gasteiger partial charge in [-0.3, -0.25) is 9.69 Å². The first-order valence-corrected chi connectivity index (χ1v) is 6.37. The van der Waals surface area contributed by atoms with Gasteiger partial charge in [0, 0.05) is 38.8 Å². The van der Waals surface area contributed by atoms with E-state index < -0.39 is 0 Å². The normalized spacial score (nSPS) is 20.2. The molecular weight excluding hydrogens is 214 g/mol. The number of nitrogens with zero attached hydrogens (tertiary/aromatic N) is 2. The number of hydrogen-bond donors (Lipinski definition) is 1. The molecular formula is C13H25N3O. The van der Waals surface area contributed by atoms with E-state index in [9.17, 15) is 4.79 Å². The van der Waals surface area contributed by atoms with Gasteiger partial charge < -0.3 is 10.2 Å². The van der Waals surface area contributed by atoms with Crippen LogP contribution in [0.5, 0.6) is 0 Å². The molecule has 1 aliphatic heterocycles. The Kier molecular flexibility index (Phi) is 5.65. The lowest BCUT2D eigenvalue weighted by Crippen LogP contribution is -2.54. The second-order valence-electron chi connectivity index (χ2n) is 5.10. The molecule has 1 saturated heterocycles. The molecule has 98 valence electrons. The number of piperazine rings is 1. The van der Waals surface area contributed by atoms with Crippen LogP contribution in [-0.4, -0.2) is 61.5 Å². The topological polar surface area (TPSA) is 35.6 Å². The van der Waals surface area contributed by atoms with Crippen LogP contribution in [0.2, 0.25) is 0 Å². The molecule has 17 heavy (non-hydrogen) atoms. The van der Waals surface area contributed by atoms with Gasteiger partial charge in [0.05, 0.1) is 0 Å². The van der Waals surface area contributed by atoms with Gasteiger partial charge in [0.2, 0.25) is 5.91 Å². The fourth-order valence-electron chi connectivity index (χ4n) is 2.22. The van der Waals surface area contributed by atoms with Crippen LogP contribution in [0, 0.1) is 5.92 Å². The van der Waals surface area contributed by atoms with Gasteiger partial charge in [-0.15, -0.1) is 0 Å². The smallest absolute Gasteiger partial charge is 0.243 e. The third kappa shape index (κ3) is 4.48. The van der Waals surface area contributed by atoms with Crippen molar-refractivity contribution < 1.29 is 4.79 Å². The van der Waals surface area contributed by atoms with Gasteiger partial charge in [0.1, 0.15) is 0 Å². The molecule has 1 rings (SSSR count). The molecule has 0 saturated carbocycles. The Morgan fingerprint density at radius 1 is 1.35 bits per heavy atom. The lowest BCUT2D eigenvalue weighted by atomic mass is 10.0. The van der Waals surface area contributed by atoms with Crippen LogP contribution in [0.1, 0.15) is 13.8 Å². The third-order valence-electron chi connectivity index (χ3n) is 3.45. The number of likely N-dealkylation sites (N-methyl/N-ethyl adjacent to an activating group) is 1. The summed E-state index contributed by atoms with van der Waals surface area (Å²) in [7, 11) is 2.15. The van der Waals surface area contributed by atoms with Gasteiger partial charge in [-0.1, -0.05) is 20.4 Å². The SMILES string of the molecule is C=CC(=O)NCC(C(C)C)N1CCN(C)CC1. The quantitative estimate of drug-likeness (QED) is 0.712. The number of nitrogens with one attached hydrogen (secondary N) is 1. The molecule has 1 N–H and O–H groups in total. The highest BCUT2D eigenvalue weighted by atomic mass is 16.1. The van der Waals surface area contributed by atoms with Crippen LogP contribution in [-0.2, 0) is 4.79 Å². The minimum atomic E-state index is -0.0789. The van der Waals surface area contributed by atoms with E-state index in [0.717, 1.165) is 26.2 Å². The molecule has 4 nitrogen and oxygen atoms in total. The third-order valence-corrected chi connectivity index (χ3v) is 3.45. The summed E-state index contributed by atoms with van der Waals surface area (Å²) in [6.07, 6.45) is 1.33. The fourth-order valence-corrected chi connectivity index (χ4v) is 2.22. The molecule has 1 amide bonds. The van der Waals surface area contributed by atoms with Crippen molar-refractivity contribution in [1.29, 1.82) is 0 Å². The Morgan fingerprint density at radius 3 is 2.41 bits per heavy atom. The first-order valence-electron chi connectivity index (χ1n) is 6.37. The van der Waals surface area contributed by atoms with E-state index in [2.05, 4.69) is 42.6 Å². The predicted octanol–water partition coefficient (Wildman–Crippen LogP) is 0.561. The molecule has 0 aromatic carbocycles. The van der Waals surface area contributed by atoms with Crippen molar-refractivity contribution in [2.45, 2.75) is 19.9 Å². The zero-order chi connectivity index (χ0) is 12.8. The van der Waals surface area contributed by atoms with Gasteiger partial charge in [-0.05, 0) is 19.0 Å². The molecule has 0 aromatic rings. The summed E-state index contributed by atoms with van der Waals surface area (Å²) in [5, 5.41) is 2.91. The van der Waals surface area contributed by atoms with Crippen LogP contribution in [0.15, 0.2) is 12.7 Å². The van der Waals surface area contributed by atoms with Crippen molar-refractivity contribution in [3.8, 4) is 0 Å². The Morgan fingerprint density at radius 2 is 1.94 bits per heavy atom. The van der Waals surface area contributed by atoms with E-state index in [0.29, 0.717) is 18.5 Å². The molecule has 1 unspecified atom stereocenters. The maximum absolute atomic E-state index is 11.2. The van der Waals surface area contributed by atoms with Gasteiger partial charge in [-0.2, -0.15) is 0 Å². The van der Waals surface area contributed by atoms with Crippen molar-refractivity contribution >= 4 is 5.91 Å². The molecule has 0 aliphatic carbocycles. The summed E-state index contributed by atoms with van der Waals surface area (Å²) in [6, 6.07) is 0.424. The van der Waals surface area contributed by atoms with Gasteiger partial charge in [-0.25, -0.2) is 0 Å². The van der Waals surface area contributed by atoms with Crippen LogP contribution >= 0.6 is 0 Å². The van der Waals surface area contributed by atoms with Crippen molar-refractivity contribution in [3.63, 3.8) is 0 Å². The average molecular weight is 239 g/mol. The maximum atomic E-state index is 11.2. The summed E-state index contributed by atoms with van der Waals surface area (Å²) in [6.45, 7) is 13.0. The van der Waals surface area contributed by atoms with Crippen LogP contribution in [0.25, 0.3) is 0 Å². The zero-order valence-electron chi connectivity index (χ0n) is 11.3. The highest BCUT2D eigenvalue weighted by Crippen LogP contribution is 2.12. The van der Waals surface area contributed by atoms with Gasteiger partial charge in [0.25, 0.3) is 0 Å². The zero-order valence-corrected chi connectivity index (χ0v) is 11.3. The molecule has 1 aliphatic rings. The number of amides is 1. The average Bonchev–Trinajstić information content (AvgIpc) is 2.31. The molecule has 0 radical (unpaired) electrons. The van der Waals surface area contributed by atoms with E-state index in [1.165, 1.54) is 6.08 Å². The second-order valence-corrected chi connectivity index (χ2v) is 5.10. The lowest BCUT2D eigenvalue weighted by molar-refractivity contribution is -0.116. The minimum Gasteiger partial charge on any atom is -0.351 e. The van der Waals surface area contributed by atoms with E-state index in [-0.39, 0.29) is 5.91 Å². The Labute approximate surface area is 105 Å². The lowest BCUT2D eigenvalue weighted by Gasteiger charge is -2.39. The summed E-state index contributed by atoms with van der Waals surface area (Å²) in [5.74, 6) is 0.466. The first-order chi connectivity index (χ1) is 8.04. The number of hydrogen-bond acceptors (Lipinski definition) is 3. The Hall–Kier alpha value is -0.870. The summed E-state index contributed by atoms with van der Waals surface area (Å²) in [4.78, 5) is 16.0. The maximum Gasteiger partial charge on any atom is 0.243 e.